The Balaban J connectivity index is 1.87. The topological polar surface area (TPSA) is 63.5 Å². The second kappa shape index (κ2) is 7.35. The molecule has 3 N–H and O–H groups in total. The van der Waals surface area contributed by atoms with Crippen molar-refractivity contribution in [3.8, 4) is 6.07 Å². The molecule has 27 heavy (non-hydrogen) atoms. The number of ether oxygens (including phenoxy) is 1. The van der Waals surface area contributed by atoms with Gasteiger partial charge in [-0.3, -0.25) is 0 Å². The molecule has 0 fully saturated rings. The molecule has 2 aromatic rings. The van der Waals surface area contributed by atoms with Crippen LogP contribution < -0.4 is 10.6 Å². The van der Waals surface area contributed by atoms with Crippen molar-refractivity contribution in [1.82, 2.24) is 0 Å². The third-order valence-electron chi connectivity index (χ3n) is 5.16. The van der Waals surface area contributed by atoms with Gasteiger partial charge in [0, 0.05) is 15.3 Å². The lowest BCUT2D eigenvalue weighted by atomic mass is 9.83. The highest BCUT2D eigenvalue weighted by Gasteiger charge is 2.40. The van der Waals surface area contributed by atoms with Crippen LogP contribution in [0.5, 0.6) is 0 Å². The molecule has 0 bridgehead atoms. The fourth-order valence-corrected chi connectivity index (χ4v) is 5.27. The van der Waals surface area contributed by atoms with Crippen molar-refractivity contribution in [3.05, 3.63) is 73.1 Å². The first-order valence-electron chi connectivity index (χ1n) is 9.01. The molecule has 0 aliphatic carbocycles. The Morgan fingerprint density at radius 3 is 2.67 bits per heavy atom. The molecule has 138 valence electrons. The third kappa shape index (κ3) is 3.34. The quantitative estimate of drug-likeness (QED) is 0.837. The fraction of sp³-hybridized carbons (Fsp3) is 0.286. The van der Waals surface area contributed by atoms with E-state index in [9.17, 15) is 5.26 Å². The SMILES string of the molecule is CC(C)[NH+]1CC2=C(OC(N)=C(C#N)[C@@H]2c2cccs2)/C(=C/c2cccs2)C1. The lowest BCUT2D eigenvalue weighted by Crippen LogP contribution is -3.16. The molecule has 0 amide bonds. The first-order valence-corrected chi connectivity index (χ1v) is 10.8. The number of nitrogens with zero attached hydrogens (tertiary/aromatic N) is 1. The minimum atomic E-state index is -0.112. The van der Waals surface area contributed by atoms with Gasteiger partial charge in [-0.15, -0.1) is 22.7 Å². The van der Waals surface area contributed by atoms with Crippen LogP contribution in [-0.2, 0) is 4.74 Å². The zero-order valence-electron chi connectivity index (χ0n) is 15.4. The highest BCUT2D eigenvalue weighted by molar-refractivity contribution is 7.10. The van der Waals surface area contributed by atoms with Crippen LogP contribution in [0, 0.1) is 11.3 Å². The molecule has 2 aliphatic rings. The summed E-state index contributed by atoms with van der Waals surface area (Å²) >= 11 is 3.38. The Morgan fingerprint density at radius 1 is 1.26 bits per heavy atom. The smallest absolute Gasteiger partial charge is 0.205 e. The predicted molar refractivity (Wildman–Crippen MR) is 110 cm³/mol. The number of thiophene rings is 2. The Kier molecular flexibility index (Phi) is 4.92. The Hall–Kier alpha value is -2.33. The summed E-state index contributed by atoms with van der Waals surface area (Å²) in [5.74, 6) is 0.988. The highest BCUT2D eigenvalue weighted by Crippen LogP contribution is 2.43. The van der Waals surface area contributed by atoms with Crippen molar-refractivity contribution in [1.29, 1.82) is 5.26 Å². The molecule has 0 spiro atoms. The molecule has 1 unspecified atom stereocenters. The van der Waals surface area contributed by atoms with Crippen LogP contribution >= 0.6 is 22.7 Å². The largest absolute Gasteiger partial charge is 0.440 e. The molecular weight excluding hydrogens is 374 g/mol. The van der Waals surface area contributed by atoms with Crippen LogP contribution in [0.15, 0.2) is 63.4 Å². The van der Waals surface area contributed by atoms with Crippen LogP contribution in [0.4, 0.5) is 0 Å². The summed E-state index contributed by atoms with van der Waals surface area (Å²) in [4.78, 5) is 3.82. The number of allylic oxidation sites excluding steroid dienone is 1. The van der Waals surface area contributed by atoms with Gasteiger partial charge in [0.25, 0.3) is 0 Å². The first-order chi connectivity index (χ1) is 13.1. The summed E-state index contributed by atoms with van der Waals surface area (Å²) in [7, 11) is 0. The highest BCUT2D eigenvalue weighted by atomic mass is 32.1. The molecule has 0 aromatic carbocycles. The van der Waals surface area contributed by atoms with E-state index in [4.69, 9.17) is 10.5 Å². The number of nitriles is 1. The van der Waals surface area contributed by atoms with Crippen LogP contribution in [-0.4, -0.2) is 19.1 Å². The van der Waals surface area contributed by atoms with E-state index in [-0.39, 0.29) is 11.8 Å². The third-order valence-corrected chi connectivity index (χ3v) is 6.91. The molecule has 4 rings (SSSR count). The second-order valence-electron chi connectivity index (χ2n) is 7.15. The van der Waals surface area contributed by atoms with Crippen LogP contribution in [0.2, 0.25) is 0 Å². The van der Waals surface area contributed by atoms with Crippen molar-refractivity contribution >= 4 is 28.7 Å². The molecule has 0 saturated heterocycles. The molecule has 6 heteroatoms. The summed E-state index contributed by atoms with van der Waals surface area (Å²) in [6.45, 7) is 6.22. The standard InChI is InChI=1S/C21H21N3OS2/c1-13(2)24-11-14(9-15-5-3-7-26-15)20-17(12-24)19(18-6-4-8-27-18)16(10-22)21(23)25-20/h3-9,13,19H,11-12,23H2,1-2H3/p+1/b14-9+/t19-/m0/s1. The zero-order chi connectivity index (χ0) is 19.0. The molecule has 4 heterocycles. The van der Waals surface area contributed by atoms with E-state index in [1.54, 1.807) is 22.7 Å². The molecule has 4 nitrogen and oxygen atoms in total. The summed E-state index contributed by atoms with van der Waals surface area (Å²) in [5.41, 5.74) is 9.05. The number of hydrogen-bond donors (Lipinski definition) is 2. The van der Waals surface area contributed by atoms with Gasteiger partial charge in [-0.2, -0.15) is 5.26 Å². The van der Waals surface area contributed by atoms with Crippen molar-refractivity contribution in [2.45, 2.75) is 25.8 Å². The predicted octanol–water partition coefficient (Wildman–Crippen LogP) is 3.26. The molecule has 0 saturated carbocycles. The van der Waals surface area contributed by atoms with E-state index in [1.165, 1.54) is 15.4 Å². The molecular formula is C21H22N3OS2+. The average molecular weight is 397 g/mol. The summed E-state index contributed by atoms with van der Waals surface area (Å²) in [5, 5.41) is 13.9. The van der Waals surface area contributed by atoms with Crippen LogP contribution in [0.1, 0.15) is 29.5 Å². The summed E-state index contributed by atoms with van der Waals surface area (Å²) in [6, 6.07) is 11.1. The summed E-state index contributed by atoms with van der Waals surface area (Å²) in [6.07, 6.45) is 2.21. The van der Waals surface area contributed by atoms with Gasteiger partial charge in [0.1, 0.15) is 30.5 Å². The van der Waals surface area contributed by atoms with E-state index < -0.39 is 0 Å². The minimum absolute atomic E-state index is 0.112. The molecule has 2 atom stereocenters. The monoisotopic (exact) mass is 396 g/mol. The first kappa shape index (κ1) is 18.1. The van der Waals surface area contributed by atoms with Gasteiger partial charge in [-0.05, 0) is 42.8 Å². The number of nitrogens with two attached hydrogens (primary N) is 1. The maximum Gasteiger partial charge on any atom is 0.205 e. The summed E-state index contributed by atoms with van der Waals surface area (Å²) < 4.78 is 6.05. The Labute approximate surface area is 167 Å². The van der Waals surface area contributed by atoms with E-state index in [2.05, 4.69) is 55.0 Å². The van der Waals surface area contributed by atoms with Gasteiger partial charge in [-0.1, -0.05) is 12.1 Å². The maximum atomic E-state index is 9.76. The molecule has 2 aliphatic heterocycles. The second-order valence-corrected chi connectivity index (χ2v) is 9.10. The van der Waals surface area contributed by atoms with Gasteiger partial charge < -0.3 is 15.4 Å². The fourth-order valence-electron chi connectivity index (χ4n) is 3.72. The maximum absolute atomic E-state index is 9.76. The van der Waals surface area contributed by atoms with Crippen molar-refractivity contribution in [2.75, 3.05) is 13.1 Å². The van der Waals surface area contributed by atoms with Crippen molar-refractivity contribution in [3.63, 3.8) is 0 Å². The minimum Gasteiger partial charge on any atom is -0.440 e. The Bertz CT molecular complexity index is 960. The average Bonchev–Trinajstić information content (AvgIpc) is 3.34. The normalized spacial score (nSPS) is 24.1. The van der Waals surface area contributed by atoms with Crippen molar-refractivity contribution in [2.24, 2.45) is 5.73 Å². The van der Waals surface area contributed by atoms with Crippen LogP contribution in [0.25, 0.3) is 6.08 Å². The van der Waals surface area contributed by atoms with Gasteiger partial charge in [-0.25, -0.2) is 0 Å². The van der Waals surface area contributed by atoms with Gasteiger partial charge in [0.15, 0.2) is 0 Å². The number of nitrogens with one attached hydrogen (secondary N) is 1. The van der Waals surface area contributed by atoms with E-state index >= 15 is 0 Å². The van der Waals surface area contributed by atoms with E-state index in [1.807, 2.05) is 6.07 Å². The van der Waals surface area contributed by atoms with Gasteiger partial charge in [0.2, 0.25) is 5.88 Å². The van der Waals surface area contributed by atoms with Gasteiger partial charge in [0.05, 0.1) is 17.5 Å². The van der Waals surface area contributed by atoms with Crippen molar-refractivity contribution < 1.29 is 9.64 Å². The van der Waals surface area contributed by atoms with E-state index in [0.717, 1.165) is 29.3 Å². The van der Waals surface area contributed by atoms with Gasteiger partial charge >= 0.3 is 0 Å². The number of rotatable bonds is 3. The Morgan fingerprint density at radius 2 is 2.04 bits per heavy atom. The number of quaternary nitrogens is 1. The lowest BCUT2D eigenvalue weighted by Gasteiger charge is -2.37. The zero-order valence-corrected chi connectivity index (χ0v) is 17.0. The molecule has 2 aromatic heterocycles. The molecule has 0 radical (unpaired) electrons. The number of hydrogen-bond acceptors (Lipinski definition) is 5. The van der Waals surface area contributed by atoms with Crippen LogP contribution in [0.3, 0.4) is 0 Å². The van der Waals surface area contributed by atoms with E-state index in [0.29, 0.717) is 11.6 Å². The lowest BCUT2D eigenvalue weighted by molar-refractivity contribution is -0.913.